The van der Waals surface area contributed by atoms with E-state index in [0.717, 1.165) is 23.3 Å². The van der Waals surface area contributed by atoms with Crippen LogP contribution in [0.1, 0.15) is 11.1 Å². The van der Waals surface area contributed by atoms with E-state index < -0.39 is 23.9 Å². The van der Waals surface area contributed by atoms with E-state index in [-0.39, 0.29) is 12.3 Å². The van der Waals surface area contributed by atoms with Gasteiger partial charge in [0.25, 0.3) is 0 Å². The molecule has 6 nitrogen and oxygen atoms in total. The number of hydrogen-bond donors (Lipinski definition) is 2. The first kappa shape index (κ1) is 21.6. The number of halogens is 3. The van der Waals surface area contributed by atoms with Crippen molar-refractivity contribution in [3.8, 4) is 11.1 Å². The Morgan fingerprint density at radius 1 is 1.00 bits per heavy atom. The summed E-state index contributed by atoms with van der Waals surface area (Å²) in [6, 6.07) is 10.8. The monoisotopic (exact) mass is 422 g/mol. The molecule has 1 fully saturated rings. The quantitative estimate of drug-likeness (QED) is 0.774. The fourth-order valence-electron chi connectivity index (χ4n) is 3.27. The number of hydrogen-bond acceptors (Lipinski definition) is 3. The van der Waals surface area contributed by atoms with Crippen LogP contribution in [0.2, 0.25) is 0 Å². The van der Waals surface area contributed by atoms with Gasteiger partial charge < -0.3 is 20.1 Å². The summed E-state index contributed by atoms with van der Waals surface area (Å²) in [5, 5.41) is 11.4. The van der Waals surface area contributed by atoms with Crippen molar-refractivity contribution in [2.24, 2.45) is 0 Å². The van der Waals surface area contributed by atoms with Gasteiger partial charge in [0.05, 0.1) is 18.8 Å². The number of ether oxygens (including phenoxy) is 1. The molecule has 0 spiro atoms. The number of benzene rings is 2. The molecular weight excluding hydrogens is 401 g/mol. The van der Waals surface area contributed by atoms with Gasteiger partial charge in [0, 0.05) is 19.5 Å². The van der Waals surface area contributed by atoms with Gasteiger partial charge in [0.1, 0.15) is 6.04 Å². The predicted octanol–water partition coefficient (Wildman–Crippen LogP) is 3.41. The number of nitrogens with zero attached hydrogens (tertiary/aromatic N) is 1. The number of carboxylic acid groups (broad SMARTS) is 1. The highest BCUT2D eigenvalue weighted by molar-refractivity contribution is 5.85. The zero-order chi connectivity index (χ0) is 21.7. The molecule has 9 heteroatoms. The van der Waals surface area contributed by atoms with E-state index >= 15 is 0 Å². The molecule has 1 heterocycles. The van der Waals surface area contributed by atoms with Crippen LogP contribution in [0.25, 0.3) is 11.1 Å². The summed E-state index contributed by atoms with van der Waals surface area (Å²) < 4.78 is 43.3. The molecule has 160 valence electrons. The zero-order valence-corrected chi connectivity index (χ0v) is 16.0. The molecule has 30 heavy (non-hydrogen) atoms. The molecule has 1 aliphatic heterocycles. The van der Waals surface area contributed by atoms with E-state index in [0.29, 0.717) is 31.9 Å². The molecule has 1 saturated heterocycles. The standard InChI is InChI=1S/C21H21F3N2O4/c22-21(23,24)17-7-5-16(6-8-17)15-3-1-14(2-4-15)13-18(25-20(28)29)19(27)26-9-11-30-12-10-26/h1-8,18,25H,9-13H2,(H,28,29)/t18-/m1/s1. The van der Waals surface area contributed by atoms with Crippen molar-refractivity contribution in [1.29, 1.82) is 0 Å². The Morgan fingerprint density at radius 3 is 2.03 bits per heavy atom. The third-order valence-corrected chi connectivity index (χ3v) is 4.86. The third-order valence-electron chi connectivity index (χ3n) is 4.86. The van der Waals surface area contributed by atoms with Gasteiger partial charge in [-0.05, 0) is 28.8 Å². The van der Waals surface area contributed by atoms with Gasteiger partial charge in [-0.15, -0.1) is 0 Å². The molecule has 2 aromatic rings. The van der Waals surface area contributed by atoms with Crippen LogP contribution in [0.4, 0.5) is 18.0 Å². The molecule has 0 unspecified atom stereocenters. The molecule has 0 aromatic heterocycles. The van der Waals surface area contributed by atoms with Crippen molar-refractivity contribution in [1.82, 2.24) is 10.2 Å². The van der Waals surface area contributed by atoms with Crippen molar-refractivity contribution in [2.45, 2.75) is 18.6 Å². The van der Waals surface area contributed by atoms with E-state index in [4.69, 9.17) is 9.84 Å². The van der Waals surface area contributed by atoms with Crippen molar-refractivity contribution in [3.05, 3.63) is 59.7 Å². The zero-order valence-electron chi connectivity index (χ0n) is 16.0. The van der Waals surface area contributed by atoms with E-state index in [9.17, 15) is 22.8 Å². The summed E-state index contributed by atoms with van der Waals surface area (Å²) in [6.45, 7) is 1.63. The summed E-state index contributed by atoms with van der Waals surface area (Å²) in [5.74, 6) is -0.312. The minimum Gasteiger partial charge on any atom is -0.465 e. The number of rotatable bonds is 5. The molecule has 0 aliphatic carbocycles. The number of alkyl halides is 3. The second-order valence-electron chi connectivity index (χ2n) is 6.92. The van der Waals surface area contributed by atoms with E-state index in [1.807, 2.05) is 0 Å². The smallest absolute Gasteiger partial charge is 0.416 e. The highest BCUT2D eigenvalue weighted by atomic mass is 19.4. The van der Waals surface area contributed by atoms with E-state index in [1.54, 1.807) is 29.2 Å². The van der Waals surface area contributed by atoms with E-state index in [1.165, 1.54) is 12.1 Å². The number of morpholine rings is 1. The van der Waals surface area contributed by atoms with Crippen LogP contribution < -0.4 is 5.32 Å². The van der Waals surface area contributed by atoms with Crippen molar-refractivity contribution in [3.63, 3.8) is 0 Å². The Labute approximate surface area is 171 Å². The molecule has 0 bridgehead atoms. The molecule has 2 N–H and O–H groups in total. The minimum absolute atomic E-state index is 0.162. The molecule has 2 amide bonds. The normalized spacial score (nSPS) is 15.5. The molecule has 0 radical (unpaired) electrons. The van der Waals surface area contributed by atoms with Crippen LogP contribution in [0.5, 0.6) is 0 Å². The average molecular weight is 422 g/mol. The van der Waals surface area contributed by atoms with Crippen LogP contribution in [0.3, 0.4) is 0 Å². The van der Waals surface area contributed by atoms with Crippen molar-refractivity contribution < 1.29 is 32.6 Å². The summed E-state index contributed by atoms with van der Waals surface area (Å²) in [4.78, 5) is 25.4. The van der Waals surface area contributed by atoms with Gasteiger partial charge in [0.15, 0.2) is 0 Å². The Kier molecular flexibility index (Phi) is 6.61. The summed E-state index contributed by atoms with van der Waals surface area (Å²) in [5.41, 5.74) is 1.35. The fourth-order valence-corrected chi connectivity index (χ4v) is 3.27. The van der Waals surface area contributed by atoms with Gasteiger partial charge in [0.2, 0.25) is 5.91 Å². The van der Waals surface area contributed by atoms with Gasteiger partial charge in [-0.2, -0.15) is 13.2 Å². The highest BCUT2D eigenvalue weighted by Crippen LogP contribution is 2.31. The Bertz CT molecular complexity index is 877. The van der Waals surface area contributed by atoms with Gasteiger partial charge in [-0.1, -0.05) is 36.4 Å². The van der Waals surface area contributed by atoms with Gasteiger partial charge in [-0.3, -0.25) is 4.79 Å². The number of carbonyl (C=O) groups is 2. The first-order valence-electron chi connectivity index (χ1n) is 9.36. The average Bonchev–Trinajstić information content (AvgIpc) is 2.73. The van der Waals surface area contributed by atoms with Crippen LogP contribution >= 0.6 is 0 Å². The van der Waals surface area contributed by atoms with Crippen molar-refractivity contribution in [2.75, 3.05) is 26.3 Å². The maximum Gasteiger partial charge on any atom is 0.416 e. The number of nitrogens with one attached hydrogen (secondary N) is 1. The largest absolute Gasteiger partial charge is 0.465 e. The number of amides is 2. The lowest BCUT2D eigenvalue weighted by Gasteiger charge is -2.30. The first-order chi connectivity index (χ1) is 14.2. The first-order valence-corrected chi connectivity index (χ1v) is 9.36. The Hall–Kier alpha value is -3.07. The SMILES string of the molecule is O=C(O)N[C@H](Cc1ccc(-c2ccc(C(F)(F)F)cc2)cc1)C(=O)N1CCOCC1. The summed E-state index contributed by atoms with van der Waals surface area (Å²) >= 11 is 0. The lowest BCUT2D eigenvalue weighted by atomic mass is 9.99. The predicted molar refractivity (Wildman–Crippen MR) is 103 cm³/mol. The van der Waals surface area contributed by atoms with E-state index in [2.05, 4.69) is 5.32 Å². The number of carbonyl (C=O) groups excluding carboxylic acids is 1. The minimum atomic E-state index is -4.39. The fraction of sp³-hybridized carbons (Fsp3) is 0.333. The summed E-state index contributed by atoms with van der Waals surface area (Å²) in [7, 11) is 0. The van der Waals surface area contributed by atoms with Crippen molar-refractivity contribution >= 4 is 12.0 Å². The van der Waals surface area contributed by atoms with Gasteiger partial charge in [-0.25, -0.2) is 4.79 Å². The Balaban J connectivity index is 1.71. The summed E-state index contributed by atoms with van der Waals surface area (Å²) in [6.07, 6.45) is -5.51. The molecule has 1 aliphatic rings. The van der Waals surface area contributed by atoms with Crippen LogP contribution in [0.15, 0.2) is 48.5 Å². The third kappa shape index (κ3) is 5.50. The van der Waals surface area contributed by atoms with Crippen LogP contribution in [-0.2, 0) is 22.1 Å². The topological polar surface area (TPSA) is 78.9 Å². The molecule has 2 aromatic carbocycles. The molecule has 1 atom stereocenters. The maximum absolute atomic E-state index is 12.7. The lowest BCUT2D eigenvalue weighted by Crippen LogP contribution is -2.52. The molecular formula is C21H21F3N2O4. The Morgan fingerprint density at radius 2 is 1.53 bits per heavy atom. The maximum atomic E-state index is 12.7. The van der Waals surface area contributed by atoms with Crippen LogP contribution in [-0.4, -0.2) is 54.4 Å². The highest BCUT2D eigenvalue weighted by Gasteiger charge is 2.30. The lowest BCUT2D eigenvalue weighted by molar-refractivity contribution is -0.138. The van der Waals surface area contributed by atoms with Crippen LogP contribution in [0, 0.1) is 0 Å². The second kappa shape index (κ2) is 9.17. The molecule has 3 rings (SSSR count). The molecule has 0 saturated carbocycles. The second-order valence-corrected chi connectivity index (χ2v) is 6.92. The van der Waals surface area contributed by atoms with Gasteiger partial charge >= 0.3 is 12.3 Å².